The molecule has 3 aromatic rings. The Labute approximate surface area is 113 Å². The van der Waals surface area contributed by atoms with Crippen LogP contribution < -0.4 is 5.32 Å². The quantitative estimate of drug-likeness (QED) is 0.732. The van der Waals surface area contributed by atoms with Crippen LogP contribution in [0.4, 0.5) is 5.95 Å². The van der Waals surface area contributed by atoms with Gasteiger partial charge in [0.05, 0.1) is 5.52 Å². The van der Waals surface area contributed by atoms with Crippen LogP contribution in [-0.2, 0) is 6.42 Å². The Bertz CT molecular complexity index is 754. The number of fused-ring (bicyclic) bond motifs is 1. The predicted molar refractivity (Wildman–Crippen MR) is 71.0 cm³/mol. The zero-order chi connectivity index (χ0) is 13.9. The lowest BCUT2D eigenvalue weighted by Gasteiger charge is -2.03. The Hall–Kier alpha value is -2.90. The van der Waals surface area contributed by atoms with Gasteiger partial charge in [-0.05, 0) is 35.4 Å². The van der Waals surface area contributed by atoms with Gasteiger partial charge in [-0.3, -0.25) is 10.1 Å². The number of aromatic nitrogens is 6. The predicted octanol–water partition coefficient (Wildman–Crippen LogP) is 0.958. The number of carbonyl (C=O) groups is 1. The van der Waals surface area contributed by atoms with Gasteiger partial charge in [0, 0.05) is 5.39 Å². The molecule has 8 heteroatoms. The maximum Gasteiger partial charge on any atom is 0.278 e. The van der Waals surface area contributed by atoms with E-state index in [1.54, 1.807) is 6.07 Å². The number of tetrazole rings is 1. The van der Waals surface area contributed by atoms with Crippen molar-refractivity contribution >= 4 is 22.8 Å². The topological polar surface area (TPSA) is 109 Å². The van der Waals surface area contributed by atoms with Crippen molar-refractivity contribution in [3.05, 3.63) is 35.5 Å². The minimum atomic E-state index is -0.428. The largest absolute Gasteiger partial charge is 0.286 e. The highest BCUT2D eigenvalue weighted by Gasteiger charge is 2.11. The number of rotatable bonds is 3. The Kier molecular flexibility index (Phi) is 3.04. The Balaban J connectivity index is 1.93. The number of amides is 1. The van der Waals surface area contributed by atoms with Crippen molar-refractivity contribution < 1.29 is 4.79 Å². The number of nitrogens with zero attached hydrogens (tertiary/aromatic N) is 5. The van der Waals surface area contributed by atoms with Crippen molar-refractivity contribution in [3.8, 4) is 0 Å². The third kappa shape index (κ3) is 2.30. The molecule has 0 fully saturated rings. The smallest absolute Gasteiger partial charge is 0.278 e. The molecule has 0 aliphatic carbocycles. The molecule has 2 heterocycles. The van der Waals surface area contributed by atoms with Crippen molar-refractivity contribution in [1.82, 2.24) is 30.8 Å². The molecule has 0 aliphatic heterocycles. The highest BCUT2D eigenvalue weighted by atomic mass is 16.2. The van der Waals surface area contributed by atoms with Gasteiger partial charge < -0.3 is 0 Å². The second-order valence-corrected chi connectivity index (χ2v) is 4.17. The molecule has 0 spiro atoms. The van der Waals surface area contributed by atoms with Gasteiger partial charge in [-0.2, -0.15) is 5.21 Å². The Morgan fingerprint density at radius 1 is 1.25 bits per heavy atom. The number of hydrogen-bond donors (Lipinski definition) is 2. The molecule has 20 heavy (non-hydrogen) atoms. The van der Waals surface area contributed by atoms with Crippen LogP contribution >= 0.6 is 0 Å². The van der Waals surface area contributed by atoms with Gasteiger partial charge in [-0.1, -0.05) is 18.1 Å². The summed E-state index contributed by atoms with van der Waals surface area (Å²) in [4.78, 5) is 12.0. The van der Waals surface area contributed by atoms with E-state index < -0.39 is 5.91 Å². The molecule has 0 radical (unpaired) electrons. The number of benzene rings is 1. The van der Waals surface area contributed by atoms with Crippen molar-refractivity contribution in [1.29, 1.82) is 0 Å². The third-order valence-corrected chi connectivity index (χ3v) is 2.86. The van der Waals surface area contributed by atoms with E-state index in [2.05, 4.69) is 43.1 Å². The molecule has 0 atom stereocenters. The zero-order valence-corrected chi connectivity index (χ0v) is 10.7. The van der Waals surface area contributed by atoms with Crippen LogP contribution in [0.2, 0.25) is 0 Å². The molecule has 0 bridgehead atoms. The first-order valence-corrected chi connectivity index (χ1v) is 6.07. The first kappa shape index (κ1) is 12.2. The average molecular weight is 269 g/mol. The van der Waals surface area contributed by atoms with Gasteiger partial charge in [-0.25, -0.2) is 0 Å². The van der Waals surface area contributed by atoms with Crippen LogP contribution in [0.25, 0.3) is 10.9 Å². The van der Waals surface area contributed by atoms with Gasteiger partial charge in [0.15, 0.2) is 5.69 Å². The van der Waals surface area contributed by atoms with Crippen molar-refractivity contribution in [2.45, 2.75) is 13.3 Å². The van der Waals surface area contributed by atoms with Crippen LogP contribution in [0.5, 0.6) is 0 Å². The third-order valence-electron chi connectivity index (χ3n) is 2.86. The van der Waals surface area contributed by atoms with Crippen LogP contribution in [0.3, 0.4) is 0 Å². The monoisotopic (exact) mass is 269 g/mol. The van der Waals surface area contributed by atoms with Crippen LogP contribution in [-0.4, -0.2) is 36.7 Å². The number of aryl methyl sites for hydroxylation is 1. The summed E-state index contributed by atoms with van der Waals surface area (Å²) in [5, 5.41) is 24.2. The lowest BCUT2D eigenvalue weighted by molar-refractivity contribution is 0.102. The van der Waals surface area contributed by atoms with E-state index in [-0.39, 0.29) is 11.6 Å². The molecule has 0 unspecified atom stereocenters. The fraction of sp³-hybridized carbons (Fsp3) is 0.167. The molecule has 100 valence electrons. The normalized spacial score (nSPS) is 10.7. The molecule has 2 N–H and O–H groups in total. The van der Waals surface area contributed by atoms with E-state index in [0.717, 1.165) is 17.3 Å². The van der Waals surface area contributed by atoms with Crippen molar-refractivity contribution in [2.75, 3.05) is 5.32 Å². The van der Waals surface area contributed by atoms with E-state index in [4.69, 9.17) is 0 Å². The fourth-order valence-corrected chi connectivity index (χ4v) is 1.81. The SMILES string of the molecule is CCc1ccc2nnc(C(=O)Nc3nn[nH]n3)cc2c1. The number of anilines is 1. The maximum atomic E-state index is 12.0. The molecule has 1 amide bonds. The summed E-state index contributed by atoms with van der Waals surface area (Å²) in [6.45, 7) is 2.07. The highest BCUT2D eigenvalue weighted by molar-refractivity contribution is 6.03. The van der Waals surface area contributed by atoms with Gasteiger partial charge in [0.25, 0.3) is 11.9 Å². The molecule has 8 nitrogen and oxygen atoms in total. The first-order chi connectivity index (χ1) is 9.76. The van der Waals surface area contributed by atoms with Gasteiger partial charge in [-0.15, -0.1) is 15.3 Å². The van der Waals surface area contributed by atoms with Gasteiger partial charge in [0.1, 0.15) is 0 Å². The van der Waals surface area contributed by atoms with Gasteiger partial charge >= 0.3 is 0 Å². The molecule has 2 aromatic heterocycles. The number of hydrogen-bond acceptors (Lipinski definition) is 6. The summed E-state index contributed by atoms with van der Waals surface area (Å²) >= 11 is 0. The second-order valence-electron chi connectivity index (χ2n) is 4.17. The Morgan fingerprint density at radius 2 is 2.15 bits per heavy atom. The Morgan fingerprint density at radius 3 is 2.90 bits per heavy atom. The highest BCUT2D eigenvalue weighted by Crippen LogP contribution is 2.15. The minimum Gasteiger partial charge on any atom is -0.286 e. The summed E-state index contributed by atoms with van der Waals surface area (Å²) in [7, 11) is 0. The molecule has 0 saturated carbocycles. The average Bonchev–Trinajstić information content (AvgIpc) is 2.99. The summed E-state index contributed by atoms with van der Waals surface area (Å²) in [5.41, 5.74) is 2.13. The summed E-state index contributed by atoms with van der Waals surface area (Å²) in [5.74, 6) is -0.332. The lowest BCUT2D eigenvalue weighted by Crippen LogP contribution is -2.15. The van der Waals surface area contributed by atoms with Crippen LogP contribution in [0, 0.1) is 0 Å². The molecular weight excluding hydrogens is 258 g/mol. The van der Waals surface area contributed by atoms with E-state index in [1.165, 1.54) is 5.56 Å². The van der Waals surface area contributed by atoms with E-state index in [1.807, 2.05) is 18.2 Å². The minimum absolute atomic E-state index is 0.0965. The summed E-state index contributed by atoms with van der Waals surface area (Å²) < 4.78 is 0. The number of H-pyrrole nitrogens is 1. The fourth-order valence-electron chi connectivity index (χ4n) is 1.81. The lowest BCUT2D eigenvalue weighted by atomic mass is 10.1. The first-order valence-electron chi connectivity index (χ1n) is 6.07. The van der Waals surface area contributed by atoms with E-state index in [0.29, 0.717) is 0 Å². The van der Waals surface area contributed by atoms with Crippen LogP contribution in [0.1, 0.15) is 23.0 Å². The second kappa shape index (κ2) is 5.00. The van der Waals surface area contributed by atoms with Gasteiger partial charge in [0.2, 0.25) is 0 Å². The van der Waals surface area contributed by atoms with Crippen molar-refractivity contribution in [2.24, 2.45) is 0 Å². The number of carbonyl (C=O) groups excluding carboxylic acids is 1. The summed E-state index contributed by atoms with van der Waals surface area (Å²) in [6.07, 6.45) is 0.919. The molecular formula is C12H11N7O. The van der Waals surface area contributed by atoms with E-state index in [9.17, 15) is 4.79 Å². The van der Waals surface area contributed by atoms with Crippen LogP contribution in [0.15, 0.2) is 24.3 Å². The molecule has 0 aliphatic rings. The molecule has 0 saturated heterocycles. The summed E-state index contributed by atoms with van der Waals surface area (Å²) in [6, 6.07) is 7.57. The molecule has 1 aromatic carbocycles. The standard InChI is InChI=1S/C12H11N7O/c1-2-7-3-4-9-8(5-7)6-10(15-14-9)11(20)13-12-16-18-19-17-12/h3-6H,2H2,1H3,(H2,13,16,17,18,19,20). The van der Waals surface area contributed by atoms with Crippen molar-refractivity contribution in [3.63, 3.8) is 0 Å². The number of aromatic amines is 1. The van der Waals surface area contributed by atoms with E-state index >= 15 is 0 Å². The molecule has 3 rings (SSSR count). The number of nitrogens with one attached hydrogen (secondary N) is 2. The zero-order valence-electron chi connectivity index (χ0n) is 10.7. The maximum absolute atomic E-state index is 12.0.